The number of ether oxygens (including phenoxy) is 1. The van der Waals surface area contributed by atoms with Crippen LogP contribution in [0.15, 0.2) is 28.1 Å². The topological polar surface area (TPSA) is 67.6 Å². The number of carbonyl (C=O) groups excluding carboxylic acids is 1. The molecular formula is C19H27N3O3S. The van der Waals surface area contributed by atoms with Crippen LogP contribution in [-0.4, -0.2) is 48.7 Å². The van der Waals surface area contributed by atoms with E-state index < -0.39 is 0 Å². The molecule has 0 aromatic carbocycles. The van der Waals surface area contributed by atoms with Crippen LogP contribution >= 0.6 is 11.3 Å². The van der Waals surface area contributed by atoms with Gasteiger partial charge in [0.15, 0.2) is 5.76 Å². The lowest BCUT2D eigenvalue weighted by Crippen LogP contribution is -2.37. The number of amides is 1. The third kappa shape index (κ3) is 5.93. The van der Waals surface area contributed by atoms with Gasteiger partial charge in [-0.25, -0.2) is 0 Å². The Kier molecular flexibility index (Phi) is 7.22. The van der Waals surface area contributed by atoms with Gasteiger partial charge in [-0.2, -0.15) is 0 Å². The molecule has 26 heavy (non-hydrogen) atoms. The van der Waals surface area contributed by atoms with Crippen molar-refractivity contribution in [2.45, 2.75) is 32.8 Å². The summed E-state index contributed by atoms with van der Waals surface area (Å²) in [5.41, 5.74) is 0.695. The number of hydrogen-bond acceptors (Lipinski definition) is 6. The van der Waals surface area contributed by atoms with Crippen LogP contribution in [0.25, 0.3) is 10.6 Å². The molecule has 1 atom stereocenters. The van der Waals surface area contributed by atoms with Crippen molar-refractivity contribution in [3.8, 4) is 10.6 Å². The molecular weight excluding hydrogens is 350 g/mol. The standard InChI is InChI=1S/C19H27N3O3S/c1-15-5-2-8-22(12-15)9-4-7-20-19(23)14-24-13-16-11-17(25-21-16)18-6-3-10-26-18/h3,6,10-11,15H,2,4-5,7-9,12-14H2,1H3,(H,20,23). The maximum absolute atomic E-state index is 11.8. The molecule has 1 aliphatic heterocycles. The highest BCUT2D eigenvalue weighted by atomic mass is 32.1. The van der Waals surface area contributed by atoms with E-state index in [1.54, 1.807) is 11.3 Å². The number of piperidine rings is 1. The molecule has 1 N–H and O–H groups in total. The summed E-state index contributed by atoms with van der Waals surface area (Å²) in [5.74, 6) is 1.44. The Morgan fingerprint density at radius 2 is 2.46 bits per heavy atom. The van der Waals surface area contributed by atoms with E-state index in [0.717, 1.165) is 29.5 Å². The predicted molar refractivity (Wildman–Crippen MR) is 102 cm³/mol. The number of nitrogens with one attached hydrogen (secondary N) is 1. The number of nitrogens with zero attached hydrogens (tertiary/aromatic N) is 2. The lowest BCUT2D eigenvalue weighted by Gasteiger charge is -2.30. The summed E-state index contributed by atoms with van der Waals surface area (Å²) in [6.45, 7) is 6.74. The van der Waals surface area contributed by atoms with Crippen LogP contribution in [-0.2, 0) is 16.1 Å². The van der Waals surface area contributed by atoms with Crippen molar-refractivity contribution in [1.82, 2.24) is 15.4 Å². The van der Waals surface area contributed by atoms with E-state index in [4.69, 9.17) is 9.26 Å². The molecule has 3 heterocycles. The Morgan fingerprint density at radius 3 is 3.27 bits per heavy atom. The van der Waals surface area contributed by atoms with E-state index in [0.29, 0.717) is 12.2 Å². The van der Waals surface area contributed by atoms with Crippen molar-refractivity contribution in [1.29, 1.82) is 0 Å². The number of likely N-dealkylation sites (tertiary alicyclic amines) is 1. The van der Waals surface area contributed by atoms with E-state index in [2.05, 4.69) is 22.3 Å². The lowest BCUT2D eigenvalue weighted by molar-refractivity contribution is -0.126. The molecule has 3 rings (SSSR count). The molecule has 0 radical (unpaired) electrons. The van der Waals surface area contributed by atoms with E-state index in [1.165, 1.54) is 25.9 Å². The van der Waals surface area contributed by atoms with E-state index in [9.17, 15) is 4.79 Å². The van der Waals surface area contributed by atoms with Crippen LogP contribution in [0.3, 0.4) is 0 Å². The molecule has 0 bridgehead atoms. The fraction of sp³-hybridized carbons (Fsp3) is 0.579. The molecule has 0 aliphatic carbocycles. The summed E-state index contributed by atoms with van der Waals surface area (Å²) >= 11 is 1.60. The van der Waals surface area contributed by atoms with Gasteiger partial charge in [0, 0.05) is 19.2 Å². The monoisotopic (exact) mass is 377 g/mol. The van der Waals surface area contributed by atoms with Gasteiger partial charge in [-0.1, -0.05) is 18.1 Å². The number of thiophene rings is 1. The van der Waals surface area contributed by atoms with Gasteiger partial charge in [0.1, 0.15) is 12.3 Å². The van der Waals surface area contributed by atoms with Crippen LogP contribution in [0.5, 0.6) is 0 Å². The van der Waals surface area contributed by atoms with Crippen molar-refractivity contribution < 1.29 is 14.1 Å². The molecule has 1 fully saturated rings. The van der Waals surface area contributed by atoms with Crippen molar-refractivity contribution in [2.24, 2.45) is 5.92 Å². The third-order valence-electron chi connectivity index (χ3n) is 4.52. The van der Waals surface area contributed by atoms with Gasteiger partial charge in [0.05, 0.1) is 11.5 Å². The fourth-order valence-corrected chi connectivity index (χ4v) is 3.91. The highest BCUT2D eigenvalue weighted by Crippen LogP contribution is 2.25. The molecule has 0 spiro atoms. The summed E-state index contributed by atoms with van der Waals surface area (Å²) in [6, 6.07) is 5.80. The summed E-state index contributed by atoms with van der Waals surface area (Å²) in [5, 5.41) is 8.88. The normalized spacial score (nSPS) is 18.1. The number of carbonyl (C=O) groups is 1. The van der Waals surface area contributed by atoms with Gasteiger partial charge in [0.25, 0.3) is 0 Å². The van der Waals surface area contributed by atoms with Crippen LogP contribution < -0.4 is 5.32 Å². The van der Waals surface area contributed by atoms with Gasteiger partial charge in [-0.05, 0) is 49.7 Å². The fourth-order valence-electron chi connectivity index (χ4n) is 3.23. The smallest absolute Gasteiger partial charge is 0.246 e. The Labute approximate surface area is 158 Å². The molecule has 7 heteroatoms. The van der Waals surface area contributed by atoms with Crippen molar-refractivity contribution in [3.05, 3.63) is 29.3 Å². The molecule has 2 aromatic heterocycles. The zero-order valence-corrected chi connectivity index (χ0v) is 16.1. The van der Waals surface area contributed by atoms with Crippen molar-refractivity contribution >= 4 is 17.2 Å². The number of rotatable bonds is 9. The summed E-state index contributed by atoms with van der Waals surface area (Å²) in [4.78, 5) is 15.4. The highest BCUT2D eigenvalue weighted by molar-refractivity contribution is 7.13. The molecule has 142 valence electrons. The predicted octanol–water partition coefficient (Wildman–Crippen LogP) is 3.16. The summed E-state index contributed by atoms with van der Waals surface area (Å²) in [6.07, 6.45) is 3.61. The highest BCUT2D eigenvalue weighted by Gasteiger charge is 2.15. The largest absolute Gasteiger partial charge is 0.365 e. The average Bonchev–Trinajstić information content (AvgIpc) is 3.30. The second kappa shape index (κ2) is 9.85. The Morgan fingerprint density at radius 1 is 1.54 bits per heavy atom. The van der Waals surface area contributed by atoms with Gasteiger partial charge >= 0.3 is 0 Å². The molecule has 0 saturated carbocycles. The zero-order chi connectivity index (χ0) is 18.2. The molecule has 6 nitrogen and oxygen atoms in total. The van der Waals surface area contributed by atoms with Gasteiger partial charge in [-0.3, -0.25) is 4.79 Å². The van der Waals surface area contributed by atoms with Gasteiger partial charge in [-0.15, -0.1) is 11.3 Å². The molecule has 1 unspecified atom stereocenters. The first kappa shape index (κ1) is 19.1. The first-order valence-corrected chi connectivity index (χ1v) is 10.1. The SMILES string of the molecule is CC1CCCN(CCCNC(=O)COCc2cc(-c3cccs3)on2)C1. The molecule has 1 saturated heterocycles. The average molecular weight is 378 g/mol. The zero-order valence-electron chi connectivity index (χ0n) is 15.3. The summed E-state index contributed by atoms with van der Waals surface area (Å²) in [7, 11) is 0. The Bertz CT molecular complexity index is 671. The minimum Gasteiger partial charge on any atom is -0.365 e. The Hall–Kier alpha value is -1.70. The molecule has 1 aliphatic rings. The second-order valence-corrected chi connectivity index (χ2v) is 7.85. The van der Waals surface area contributed by atoms with Crippen molar-refractivity contribution in [3.63, 3.8) is 0 Å². The second-order valence-electron chi connectivity index (χ2n) is 6.90. The van der Waals surface area contributed by atoms with E-state index >= 15 is 0 Å². The number of hydrogen-bond donors (Lipinski definition) is 1. The minimum absolute atomic E-state index is 0.0436. The first-order valence-electron chi connectivity index (χ1n) is 9.27. The number of aromatic nitrogens is 1. The molecule has 1 amide bonds. The minimum atomic E-state index is -0.0843. The third-order valence-corrected chi connectivity index (χ3v) is 5.40. The van der Waals surface area contributed by atoms with Crippen LogP contribution in [0.1, 0.15) is 31.9 Å². The van der Waals surface area contributed by atoms with Gasteiger partial charge in [0.2, 0.25) is 5.91 Å². The first-order chi connectivity index (χ1) is 12.7. The van der Waals surface area contributed by atoms with Crippen LogP contribution in [0.4, 0.5) is 0 Å². The van der Waals surface area contributed by atoms with Crippen LogP contribution in [0, 0.1) is 5.92 Å². The maximum Gasteiger partial charge on any atom is 0.246 e. The molecule has 2 aromatic rings. The quantitative estimate of drug-likeness (QED) is 0.680. The van der Waals surface area contributed by atoms with E-state index in [1.807, 2.05) is 23.6 Å². The summed E-state index contributed by atoms with van der Waals surface area (Å²) < 4.78 is 10.7. The lowest BCUT2D eigenvalue weighted by atomic mass is 10.0. The van der Waals surface area contributed by atoms with Gasteiger partial charge < -0.3 is 19.5 Å². The van der Waals surface area contributed by atoms with Crippen LogP contribution in [0.2, 0.25) is 0 Å². The maximum atomic E-state index is 11.8. The van der Waals surface area contributed by atoms with Crippen molar-refractivity contribution in [2.75, 3.05) is 32.8 Å². The van der Waals surface area contributed by atoms with E-state index in [-0.39, 0.29) is 19.1 Å². The Balaban J connectivity index is 1.26.